The lowest BCUT2D eigenvalue weighted by atomic mass is 10.2. The monoisotopic (exact) mass is 394 g/mol. The number of amides is 1. The molecule has 0 radical (unpaired) electrons. The van der Waals surface area contributed by atoms with Gasteiger partial charge in [-0.1, -0.05) is 11.6 Å². The maximum absolute atomic E-state index is 13.2. The van der Waals surface area contributed by atoms with Gasteiger partial charge in [0.2, 0.25) is 5.91 Å². The fourth-order valence-corrected chi connectivity index (χ4v) is 2.39. The van der Waals surface area contributed by atoms with Crippen LogP contribution in [0.4, 0.5) is 28.9 Å². The van der Waals surface area contributed by atoms with E-state index in [0.717, 1.165) is 12.1 Å². The smallest absolute Gasteiger partial charge is 0.283 e. The molecule has 26 heavy (non-hydrogen) atoms. The van der Waals surface area contributed by atoms with Crippen LogP contribution in [0.2, 0.25) is 5.02 Å². The van der Waals surface area contributed by atoms with E-state index in [1.165, 1.54) is 19.1 Å². The van der Waals surface area contributed by atoms with Crippen LogP contribution in [0.15, 0.2) is 24.3 Å². The summed E-state index contributed by atoms with van der Waals surface area (Å²) in [7, 11) is 0. The van der Waals surface area contributed by atoms with E-state index in [9.17, 15) is 32.5 Å². The van der Waals surface area contributed by atoms with Crippen molar-refractivity contribution < 1.29 is 27.3 Å². The van der Waals surface area contributed by atoms with Crippen molar-refractivity contribution in [2.24, 2.45) is 0 Å². The average Bonchev–Trinajstić information content (AvgIpc) is 2.92. The Morgan fingerprint density at radius 1 is 1.23 bits per heavy atom. The van der Waals surface area contributed by atoms with E-state index in [0.29, 0.717) is 4.68 Å². The Bertz CT molecular complexity index is 826. The largest absolute Gasteiger partial charge is 0.324 e. The van der Waals surface area contributed by atoms with Gasteiger partial charge in [-0.25, -0.2) is 22.2 Å². The first kappa shape index (κ1) is 19.6. The highest BCUT2D eigenvalue weighted by molar-refractivity contribution is 6.32. The Labute approximate surface area is 148 Å². The molecule has 2 rings (SSSR count). The normalized spacial score (nSPS) is 12.5. The number of hydrogen-bond acceptors (Lipinski definition) is 4. The van der Waals surface area contributed by atoms with Gasteiger partial charge in [-0.3, -0.25) is 14.9 Å². The summed E-state index contributed by atoms with van der Waals surface area (Å²) in [6.45, 7) is 1.17. The molecule has 0 bridgehead atoms. The number of benzene rings is 1. The summed E-state index contributed by atoms with van der Waals surface area (Å²) >= 11 is 5.54. The summed E-state index contributed by atoms with van der Waals surface area (Å²) in [6.07, 6.45) is -6.41. The fourth-order valence-electron chi connectivity index (χ4n) is 2.10. The molecule has 2 aromatic rings. The second-order valence-electron chi connectivity index (χ2n) is 5.10. The Morgan fingerprint density at radius 3 is 2.27 bits per heavy atom. The molecule has 0 saturated heterocycles. The van der Waals surface area contributed by atoms with Crippen molar-refractivity contribution in [3.05, 3.63) is 50.8 Å². The van der Waals surface area contributed by atoms with Gasteiger partial charge in [0.25, 0.3) is 18.5 Å². The van der Waals surface area contributed by atoms with Crippen molar-refractivity contribution in [1.29, 1.82) is 0 Å². The average molecular weight is 395 g/mol. The van der Waals surface area contributed by atoms with Crippen molar-refractivity contribution in [1.82, 2.24) is 9.78 Å². The second-order valence-corrected chi connectivity index (χ2v) is 5.48. The minimum absolute atomic E-state index is 0.151. The lowest BCUT2D eigenvalue weighted by Gasteiger charge is -2.15. The van der Waals surface area contributed by atoms with Crippen LogP contribution in [0.1, 0.15) is 37.2 Å². The topological polar surface area (TPSA) is 90.1 Å². The molecule has 1 heterocycles. The van der Waals surface area contributed by atoms with Crippen LogP contribution in [0.5, 0.6) is 0 Å². The first-order valence-corrected chi connectivity index (χ1v) is 7.40. The Hall–Kier alpha value is -2.69. The number of nitro groups is 1. The van der Waals surface area contributed by atoms with E-state index in [1.54, 1.807) is 0 Å². The summed E-state index contributed by atoms with van der Waals surface area (Å²) in [5, 5.41) is 15.3. The van der Waals surface area contributed by atoms with Crippen molar-refractivity contribution in [3.8, 4) is 0 Å². The second kappa shape index (κ2) is 7.68. The minimum Gasteiger partial charge on any atom is -0.324 e. The van der Waals surface area contributed by atoms with Gasteiger partial charge in [0.1, 0.15) is 17.4 Å². The molecule has 0 saturated carbocycles. The highest BCUT2D eigenvalue weighted by Gasteiger charge is 2.31. The minimum atomic E-state index is -3.22. The molecule has 0 aliphatic carbocycles. The Morgan fingerprint density at radius 2 is 1.81 bits per heavy atom. The first-order valence-electron chi connectivity index (χ1n) is 7.02. The van der Waals surface area contributed by atoms with Gasteiger partial charge >= 0.3 is 0 Å². The molecular weight excluding hydrogens is 384 g/mol. The van der Waals surface area contributed by atoms with Crippen LogP contribution in [0.25, 0.3) is 0 Å². The number of carbonyl (C=O) groups excluding carboxylic acids is 1. The third kappa shape index (κ3) is 3.93. The molecule has 1 unspecified atom stereocenters. The number of nitro benzene ring substituents is 1. The van der Waals surface area contributed by atoms with E-state index < -0.39 is 46.1 Å². The lowest BCUT2D eigenvalue weighted by molar-refractivity contribution is -0.384. The lowest BCUT2D eigenvalue weighted by Crippen LogP contribution is -2.26. The zero-order chi connectivity index (χ0) is 19.6. The van der Waals surface area contributed by atoms with Crippen LogP contribution >= 0.6 is 11.6 Å². The van der Waals surface area contributed by atoms with E-state index in [-0.39, 0.29) is 11.4 Å². The van der Waals surface area contributed by atoms with Gasteiger partial charge in [-0.05, 0) is 19.1 Å². The molecule has 1 atom stereocenters. The maximum atomic E-state index is 13.2. The molecule has 1 amide bonds. The van der Waals surface area contributed by atoms with Gasteiger partial charge in [-0.2, -0.15) is 5.10 Å². The van der Waals surface area contributed by atoms with Gasteiger partial charge < -0.3 is 5.32 Å². The number of anilines is 1. The molecular formula is C14H11ClF4N4O3. The molecule has 140 valence electrons. The molecule has 7 nitrogen and oxygen atoms in total. The van der Waals surface area contributed by atoms with Gasteiger partial charge in [-0.15, -0.1) is 0 Å². The first-order chi connectivity index (χ1) is 12.1. The van der Waals surface area contributed by atoms with Crippen LogP contribution in [0, 0.1) is 10.1 Å². The van der Waals surface area contributed by atoms with Crippen LogP contribution in [-0.4, -0.2) is 20.6 Å². The molecule has 0 spiro atoms. The zero-order valence-electron chi connectivity index (χ0n) is 13.0. The molecule has 12 heteroatoms. The number of aromatic nitrogens is 2. The molecule has 0 fully saturated rings. The number of hydrogen-bond donors (Lipinski definition) is 1. The van der Waals surface area contributed by atoms with E-state index in [2.05, 4.69) is 10.4 Å². The van der Waals surface area contributed by atoms with Crippen molar-refractivity contribution in [2.75, 3.05) is 5.32 Å². The van der Waals surface area contributed by atoms with E-state index >= 15 is 0 Å². The summed E-state index contributed by atoms with van der Waals surface area (Å²) in [5.74, 6) is -0.847. The predicted octanol–water partition coefficient (Wildman–Crippen LogP) is 4.52. The third-order valence-corrected chi connectivity index (χ3v) is 3.80. The van der Waals surface area contributed by atoms with E-state index in [1.807, 2.05) is 0 Å². The number of nitrogens with one attached hydrogen (secondary N) is 1. The van der Waals surface area contributed by atoms with Gasteiger partial charge in [0.15, 0.2) is 0 Å². The quantitative estimate of drug-likeness (QED) is 0.443. The third-order valence-electron chi connectivity index (χ3n) is 3.42. The molecule has 0 aliphatic heterocycles. The number of halogens is 5. The maximum Gasteiger partial charge on any atom is 0.283 e. The van der Waals surface area contributed by atoms with Crippen LogP contribution in [0.3, 0.4) is 0 Å². The molecule has 0 aliphatic rings. The SMILES string of the molecule is CC(C(=O)Nc1ccc([N+](=O)[O-])cc1)n1nc(C(F)F)c(Cl)c1C(F)F. The molecule has 1 aromatic carbocycles. The summed E-state index contributed by atoms with van der Waals surface area (Å²) in [4.78, 5) is 22.2. The summed E-state index contributed by atoms with van der Waals surface area (Å²) in [5.41, 5.74) is -2.10. The van der Waals surface area contributed by atoms with Crippen molar-refractivity contribution in [3.63, 3.8) is 0 Å². The highest BCUT2D eigenvalue weighted by atomic mass is 35.5. The highest BCUT2D eigenvalue weighted by Crippen LogP contribution is 2.36. The summed E-state index contributed by atoms with van der Waals surface area (Å²) < 4.78 is 52.4. The van der Waals surface area contributed by atoms with Crippen molar-refractivity contribution >= 4 is 28.9 Å². The van der Waals surface area contributed by atoms with Gasteiger partial charge in [0, 0.05) is 17.8 Å². The molecule has 1 aromatic heterocycles. The Kier molecular flexibility index (Phi) is 5.80. The molecule has 1 N–H and O–H groups in total. The standard InChI is InChI=1S/C14H11ClF4N4O3/c1-6(14(24)20-7-2-4-8(5-3-7)23(25)26)22-11(13(18)19)9(15)10(21-22)12(16)17/h2-6,12-13H,1H3,(H,20,24). The number of rotatable bonds is 6. The Balaban J connectivity index is 2.27. The number of nitrogens with zero attached hydrogens (tertiary/aromatic N) is 3. The fraction of sp³-hybridized carbons (Fsp3) is 0.286. The summed E-state index contributed by atoms with van der Waals surface area (Å²) in [6, 6.07) is 3.34. The zero-order valence-corrected chi connectivity index (χ0v) is 13.8. The van der Waals surface area contributed by atoms with E-state index in [4.69, 9.17) is 11.6 Å². The van der Waals surface area contributed by atoms with Crippen LogP contribution in [-0.2, 0) is 4.79 Å². The number of carbonyl (C=O) groups is 1. The number of non-ortho nitro benzene ring substituents is 1. The van der Waals surface area contributed by atoms with Crippen LogP contribution < -0.4 is 5.32 Å². The number of alkyl halides is 4. The van der Waals surface area contributed by atoms with Gasteiger partial charge in [0.05, 0.1) is 9.95 Å². The predicted molar refractivity (Wildman–Crippen MR) is 83.6 cm³/mol. The van der Waals surface area contributed by atoms with Crippen molar-refractivity contribution in [2.45, 2.75) is 25.8 Å².